The minimum Gasteiger partial charge on any atom is -0.449 e. The highest BCUT2D eigenvalue weighted by atomic mass is 35.5. The molecule has 17 heavy (non-hydrogen) atoms. The summed E-state index contributed by atoms with van der Waals surface area (Å²) in [4.78, 5) is 20.7. The lowest BCUT2D eigenvalue weighted by atomic mass is 10.3. The molecule has 0 radical (unpaired) electrons. The number of unbranched alkanes of at least 4 members (excludes halogenated alkanes) is 1. The predicted molar refractivity (Wildman–Crippen MR) is 64.8 cm³/mol. The Bertz CT molecular complexity index is 356. The highest BCUT2D eigenvalue weighted by molar-refractivity contribution is 6.28. The first-order valence-electron chi connectivity index (χ1n) is 5.47. The summed E-state index contributed by atoms with van der Waals surface area (Å²) < 4.78 is 5.06. The van der Waals surface area contributed by atoms with Gasteiger partial charge in [-0.25, -0.2) is 14.8 Å². The molecule has 1 rings (SSSR count). The van der Waals surface area contributed by atoms with Gasteiger partial charge < -0.3 is 9.64 Å². The molecule has 5 nitrogen and oxygen atoms in total. The number of aromatic nitrogens is 2. The molecule has 94 valence electrons. The topological polar surface area (TPSA) is 55.3 Å². The number of carbonyl (C=O) groups is 1. The lowest BCUT2D eigenvalue weighted by Crippen LogP contribution is -2.27. The van der Waals surface area contributed by atoms with Gasteiger partial charge in [0, 0.05) is 25.0 Å². The van der Waals surface area contributed by atoms with Gasteiger partial charge >= 0.3 is 6.09 Å². The summed E-state index contributed by atoms with van der Waals surface area (Å²) in [5, 5.41) is 0.196. The Balaban J connectivity index is 2.40. The third-order valence-electron chi connectivity index (χ3n) is 2.13. The van der Waals surface area contributed by atoms with Crippen molar-refractivity contribution in [2.75, 3.05) is 13.7 Å². The lowest BCUT2D eigenvalue weighted by molar-refractivity contribution is 0.107. The maximum absolute atomic E-state index is 11.5. The third-order valence-corrected chi connectivity index (χ3v) is 2.32. The van der Waals surface area contributed by atoms with E-state index in [1.54, 1.807) is 19.4 Å². The molecular formula is C11H16ClN3O2. The number of nitrogens with zero attached hydrogens (tertiary/aromatic N) is 3. The lowest BCUT2D eigenvalue weighted by Gasteiger charge is -2.16. The van der Waals surface area contributed by atoms with Crippen molar-refractivity contribution in [2.24, 2.45) is 0 Å². The van der Waals surface area contributed by atoms with Crippen LogP contribution in [0.3, 0.4) is 0 Å². The van der Waals surface area contributed by atoms with E-state index < -0.39 is 0 Å². The van der Waals surface area contributed by atoms with Gasteiger partial charge in [0.1, 0.15) is 0 Å². The monoisotopic (exact) mass is 257 g/mol. The molecule has 0 saturated heterocycles. The Morgan fingerprint density at radius 3 is 2.71 bits per heavy atom. The minimum absolute atomic E-state index is 0.196. The van der Waals surface area contributed by atoms with Gasteiger partial charge in [0.05, 0.1) is 13.2 Å². The van der Waals surface area contributed by atoms with Crippen LogP contribution in [0.2, 0.25) is 5.28 Å². The van der Waals surface area contributed by atoms with E-state index in [-0.39, 0.29) is 11.4 Å². The SMILES string of the molecule is CCCCOC(=O)N(C)Cc1cnc(Cl)nc1. The summed E-state index contributed by atoms with van der Waals surface area (Å²) in [5.74, 6) is 0. The smallest absolute Gasteiger partial charge is 0.409 e. The summed E-state index contributed by atoms with van der Waals surface area (Å²) >= 11 is 5.57. The molecule has 6 heteroatoms. The van der Waals surface area contributed by atoms with Crippen molar-refractivity contribution in [3.8, 4) is 0 Å². The fourth-order valence-corrected chi connectivity index (χ4v) is 1.27. The van der Waals surface area contributed by atoms with Gasteiger partial charge in [-0.3, -0.25) is 0 Å². The molecule has 1 heterocycles. The number of hydrogen-bond acceptors (Lipinski definition) is 4. The first kappa shape index (κ1) is 13.7. The van der Waals surface area contributed by atoms with Crippen molar-refractivity contribution in [3.63, 3.8) is 0 Å². The number of carbonyl (C=O) groups excluding carboxylic acids is 1. The van der Waals surface area contributed by atoms with E-state index in [1.807, 2.05) is 6.92 Å². The van der Waals surface area contributed by atoms with Crippen LogP contribution in [0.4, 0.5) is 4.79 Å². The molecule has 0 aliphatic heterocycles. The van der Waals surface area contributed by atoms with Gasteiger partial charge in [-0.05, 0) is 18.0 Å². The number of rotatable bonds is 5. The molecule has 1 aromatic heterocycles. The van der Waals surface area contributed by atoms with Crippen LogP contribution in [0.25, 0.3) is 0 Å². The zero-order chi connectivity index (χ0) is 12.7. The number of halogens is 1. The van der Waals surface area contributed by atoms with Gasteiger partial charge in [-0.1, -0.05) is 13.3 Å². The average molecular weight is 258 g/mol. The molecule has 0 unspecified atom stereocenters. The van der Waals surface area contributed by atoms with Gasteiger partial charge in [-0.15, -0.1) is 0 Å². The molecule has 1 amide bonds. The number of amides is 1. The first-order chi connectivity index (χ1) is 8.13. The first-order valence-corrected chi connectivity index (χ1v) is 5.85. The van der Waals surface area contributed by atoms with Crippen molar-refractivity contribution in [1.29, 1.82) is 0 Å². The molecule has 1 aromatic rings. The molecule has 0 bridgehead atoms. The van der Waals surface area contributed by atoms with Crippen LogP contribution in [-0.2, 0) is 11.3 Å². The van der Waals surface area contributed by atoms with E-state index >= 15 is 0 Å². The molecule has 0 fully saturated rings. The Labute approximate surface area is 106 Å². The van der Waals surface area contributed by atoms with Crippen molar-refractivity contribution < 1.29 is 9.53 Å². The van der Waals surface area contributed by atoms with Crippen LogP contribution >= 0.6 is 11.6 Å². The Hall–Kier alpha value is -1.36. The van der Waals surface area contributed by atoms with Gasteiger partial charge in [0.25, 0.3) is 0 Å². The van der Waals surface area contributed by atoms with Crippen LogP contribution in [0, 0.1) is 0 Å². The summed E-state index contributed by atoms with van der Waals surface area (Å²) in [7, 11) is 1.67. The molecule has 0 spiro atoms. The largest absolute Gasteiger partial charge is 0.449 e. The minimum atomic E-state index is -0.339. The van der Waals surface area contributed by atoms with E-state index in [9.17, 15) is 4.79 Å². The maximum Gasteiger partial charge on any atom is 0.409 e. The standard InChI is InChI=1S/C11H16ClN3O2/c1-3-4-5-17-11(16)15(2)8-9-6-13-10(12)14-7-9/h6-7H,3-5,8H2,1-2H3. The van der Waals surface area contributed by atoms with Crippen LogP contribution in [-0.4, -0.2) is 34.6 Å². The van der Waals surface area contributed by atoms with Gasteiger partial charge in [0.2, 0.25) is 5.28 Å². The van der Waals surface area contributed by atoms with Gasteiger partial charge in [0.15, 0.2) is 0 Å². The van der Waals surface area contributed by atoms with Gasteiger partial charge in [-0.2, -0.15) is 0 Å². The Morgan fingerprint density at radius 2 is 2.12 bits per heavy atom. The summed E-state index contributed by atoms with van der Waals surface area (Å²) in [5.41, 5.74) is 0.810. The van der Waals surface area contributed by atoms with Crippen molar-refractivity contribution in [3.05, 3.63) is 23.2 Å². The Morgan fingerprint density at radius 1 is 1.47 bits per heavy atom. The molecule has 0 N–H and O–H groups in total. The molecular weight excluding hydrogens is 242 g/mol. The van der Waals surface area contributed by atoms with Crippen molar-refractivity contribution in [1.82, 2.24) is 14.9 Å². The number of ether oxygens (including phenoxy) is 1. The molecule has 0 aliphatic carbocycles. The van der Waals surface area contributed by atoms with E-state index in [4.69, 9.17) is 16.3 Å². The second kappa shape index (κ2) is 7.06. The fraction of sp³-hybridized carbons (Fsp3) is 0.545. The number of hydrogen-bond donors (Lipinski definition) is 0. The third kappa shape index (κ3) is 4.99. The molecule has 0 aliphatic rings. The normalized spacial score (nSPS) is 10.1. The van der Waals surface area contributed by atoms with E-state index in [2.05, 4.69) is 9.97 Å². The molecule has 0 atom stereocenters. The van der Waals surface area contributed by atoms with Crippen LogP contribution in [0.1, 0.15) is 25.3 Å². The second-order valence-corrected chi connectivity index (χ2v) is 4.02. The summed E-state index contributed by atoms with van der Waals surface area (Å²) in [6, 6.07) is 0. The fourth-order valence-electron chi connectivity index (χ4n) is 1.17. The molecule has 0 aromatic carbocycles. The van der Waals surface area contributed by atoms with Crippen LogP contribution < -0.4 is 0 Å². The van der Waals surface area contributed by atoms with Crippen LogP contribution in [0.15, 0.2) is 12.4 Å². The van der Waals surface area contributed by atoms with E-state index in [0.29, 0.717) is 13.2 Å². The zero-order valence-electron chi connectivity index (χ0n) is 10.0. The predicted octanol–water partition coefficient (Wildman–Crippen LogP) is 2.50. The van der Waals surface area contributed by atoms with E-state index in [0.717, 1.165) is 18.4 Å². The quantitative estimate of drug-likeness (QED) is 0.601. The summed E-state index contributed by atoms with van der Waals surface area (Å²) in [6.07, 6.45) is 4.72. The second-order valence-electron chi connectivity index (χ2n) is 3.68. The summed E-state index contributed by atoms with van der Waals surface area (Å²) in [6.45, 7) is 2.90. The zero-order valence-corrected chi connectivity index (χ0v) is 10.8. The highest BCUT2D eigenvalue weighted by Gasteiger charge is 2.10. The Kier molecular flexibility index (Phi) is 5.69. The highest BCUT2D eigenvalue weighted by Crippen LogP contribution is 2.05. The average Bonchev–Trinajstić information content (AvgIpc) is 2.32. The van der Waals surface area contributed by atoms with Crippen LogP contribution in [0.5, 0.6) is 0 Å². The van der Waals surface area contributed by atoms with Crippen molar-refractivity contribution in [2.45, 2.75) is 26.3 Å². The maximum atomic E-state index is 11.5. The molecule has 0 saturated carbocycles. The van der Waals surface area contributed by atoms with E-state index in [1.165, 1.54) is 4.90 Å². The van der Waals surface area contributed by atoms with Crippen molar-refractivity contribution >= 4 is 17.7 Å².